The number of hydrogen-bond acceptors (Lipinski definition) is 7. The fourth-order valence-corrected chi connectivity index (χ4v) is 3.51. The van der Waals surface area contributed by atoms with Crippen molar-refractivity contribution in [1.82, 2.24) is 10.4 Å². The van der Waals surface area contributed by atoms with E-state index >= 15 is 0 Å². The van der Waals surface area contributed by atoms with Crippen LogP contribution in [0.4, 0.5) is 18.9 Å². The molecule has 2 aromatic carbocycles. The van der Waals surface area contributed by atoms with Crippen LogP contribution in [0.1, 0.15) is 22.3 Å². The lowest BCUT2D eigenvalue weighted by molar-refractivity contribution is -0.151. The number of hydrogen-bond donors (Lipinski definition) is 2. The second-order valence-electron chi connectivity index (χ2n) is 7.58. The number of amides is 3. The fourth-order valence-electron chi connectivity index (χ4n) is 3.51. The second-order valence-corrected chi connectivity index (χ2v) is 7.58. The third-order valence-corrected chi connectivity index (χ3v) is 5.20. The van der Waals surface area contributed by atoms with Crippen molar-refractivity contribution in [3.05, 3.63) is 53.6 Å². The molecule has 0 aliphatic carbocycles. The van der Waals surface area contributed by atoms with E-state index in [2.05, 4.69) is 10.7 Å². The molecule has 2 N–H and O–H groups in total. The molecule has 0 unspecified atom stereocenters. The number of methoxy groups -OCH3 is 2. The molecule has 10 nitrogen and oxygen atoms in total. The van der Waals surface area contributed by atoms with Gasteiger partial charge in [0.25, 0.3) is 11.8 Å². The molecule has 1 heterocycles. The zero-order valence-corrected chi connectivity index (χ0v) is 19.2. The molecule has 3 rings (SSSR count). The zero-order chi connectivity index (χ0) is 26.5. The van der Waals surface area contributed by atoms with Crippen LogP contribution in [0.3, 0.4) is 0 Å². The summed E-state index contributed by atoms with van der Waals surface area (Å²) in [4.78, 5) is 49.5. The van der Waals surface area contributed by atoms with Crippen molar-refractivity contribution in [3.63, 3.8) is 0 Å². The molecule has 36 heavy (non-hydrogen) atoms. The number of rotatable bonds is 8. The Kier molecular flexibility index (Phi) is 8.02. The summed E-state index contributed by atoms with van der Waals surface area (Å²) in [5, 5.41) is 2.98. The quantitative estimate of drug-likeness (QED) is 0.524. The van der Waals surface area contributed by atoms with Crippen molar-refractivity contribution >= 4 is 29.4 Å². The lowest BCUT2D eigenvalue weighted by Crippen LogP contribution is -2.43. The van der Waals surface area contributed by atoms with Gasteiger partial charge in [-0.1, -0.05) is 18.2 Å². The molecular weight excluding hydrogens is 487 g/mol. The molecule has 0 radical (unpaired) electrons. The number of halogens is 3. The first-order chi connectivity index (χ1) is 17.0. The van der Waals surface area contributed by atoms with Gasteiger partial charge in [0.15, 0.2) is 6.61 Å². The van der Waals surface area contributed by atoms with E-state index in [1.165, 1.54) is 38.5 Å². The highest BCUT2D eigenvalue weighted by molar-refractivity contribution is 6.01. The summed E-state index contributed by atoms with van der Waals surface area (Å²) in [6.45, 7) is -1.10. The number of para-hydroxylation sites is 1. The van der Waals surface area contributed by atoms with E-state index in [9.17, 15) is 32.3 Å². The number of esters is 1. The van der Waals surface area contributed by atoms with Crippen LogP contribution in [0.5, 0.6) is 11.5 Å². The Bertz CT molecular complexity index is 1150. The predicted molar refractivity (Wildman–Crippen MR) is 118 cm³/mol. The van der Waals surface area contributed by atoms with Crippen molar-refractivity contribution in [3.8, 4) is 11.5 Å². The maximum atomic E-state index is 13.1. The summed E-state index contributed by atoms with van der Waals surface area (Å²) in [6, 6.07) is 9.02. The standard InChI is InChI=1S/C23H22F3N3O7/c1-34-16-8-5-9-17(35-2)20(16)21(32)28-29-11-13(10-19(29)31)22(33)36-12-18(30)27-15-7-4-3-6-14(15)23(24,25)26/h3-9,13H,10-12H2,1-2H3,(H,27,30)(H,28,32)/t13-/m1/s1. The van der Waals surface area contributed by atoms with E-state index in [0.717, 1.165) is 17.1 Å². The van der Waals surface area contributed by atoms with Gasteiger partial charge in [0, 0.05) is 6.42 Å². The Morgan fingerprint density at radius 2 is 1.67 bits per heavy atom. The van der Waals surface area contributed by atoms with Crippen LogP contribution in [0.2, 0.25) is 0 Å². The average molecular weight is 509 g/mol. The van der Waals surface area contributed by atoms with Gasteiger partial charge in [-0.2, -0.15) is 13.2 Å². The molecule has 0 bridgehead atoms. The first-order valence-electron chi connectivity index (χ1n) is 10.5. The number of ether oxygens (including phenoxy) is 3. The Morgan fingerprint density at radius 3 is 2.28 bits per heavy atom. The van der Waals surface area contributed by atoms with Crippen LogP contribution >= 0.6 is 0 Å². The van der Waals surface area contributed by atoms with Crippen molar-refractivity contribution in [2.45, 2.75) is 12.6 Å². The number of hydrazine groups is 1. The van der Waals surface area contributed by atoms with Gasteiger partial charge >= 0.3 is 12.1 Å². The minimum Gasteiger partial charge on any atom is -0.496 e. The molecule has 2 aromatic rings. The first-order valence-corrected chi connectivity index (χ1v) is 10.5. The number of nitrogens with one attached hydrogen (secondary N) is 2. The van der Waals surface area contributed by atoms with E-state index in [4.69, 9.17) is 14.2 Å². The molecule has 3 amide bonds. The molecular formula is C23H22F3N3O7. The van der Waals surface area contributed by atoms with Gasteiger partial charge < -0.3 is 19.5 Å². The van der Waals surface area contributed by atoms with E-state index in [1.54, 1.807) is 6.07 Å². The van der Waals surface area contributed by atoms with Crippen LogP contribution < -0.4 is 20.2 Å². The number of nitrogens with zero attached hydrogens (tertiary/aromatic N) is 1. The van der Waals surface area contributed by atoms with Gasteiger partial charge in [-0.05, 0) is 24.3 Å². The third kappa shape index (κ3) is 6.03. The van der Waals surface area contributed by atoms with Crippen LogP contribution in [0, 0.1) is 5.92 Å². The molecule has 1 aliphatic heterocycles. The fraction of sp³-hybridized carbons (Fsp3) is 0.304. The number of carbonyl (C=O) groups is 4. The van der Waals surface area contributed by atoms with Crippen molar-refractivity contribution in [1.29, 1.82) is 0 Å². The molecule has 192 valence electrons. The zero-order valence-electron chi connectivity index (χ0n) is 19.2. The SMILES string of the molecule is COc1cccc(OC)c1C(=O)NN1C[C@H](C(=O)OCC(=O)Nc2ccccc2C(F)(F)F)CC1=O. The smallest absolute Gasteiger partial charge is 0.418 e. The van der Waals surface area contributed by atoms with E-state index in [0.29, 0.717) is 0 Å². The molecule has 1 atom stereocenters. The monoisotopic (exact) mass is 509 g/mol. The lowest BCUT2D eigenvalue weighted by atomic mass is 10.1. The van der Waals surface area contributed by atoms with Gasteiger partial charge in [0.05, 0.1) is 37.9 Å². The lowest BCUT2D eigenvalue weighted by Gasteiger charge is -2.19. The van der Waals surface area contributed by atoms with Crippen molar-refractivity contribution in [2.24, 2.45) is 5.92 Å². The van der Waals surface area contributed by atoms with Gasteiger partial charge in [-0.3, -0.25) is 29.6 Å². The summed E-state index contributed by atoms with van der Waals surface area (Å²) < 4.78 is 54.4. The summed E-state index contributed by atoms with van der Waals surface area (Å²) in [6.07, 6.45) is -4.99. The predicted octanol–water partition coefficient (Wildman–Crippen LogP) is 2.40. The largest absolute Gasteiger partial charge is 0.496 e. The Balaban J connectivity index is 1.57. The van der Waals surface area contributed by atoms with Crippen molar-refractivity contribution in [2.75, 3.05) is 32.7 Å². The highest BCUT2D eigenvalue weighted by atomic mass is 19.4. The Morgan fingerprint density at radius 1 is 1.03 bits per heavy atom. The average Bonchev–Trinajstić information content (AvgIpc) is 3.21. The summed E-state index contributed by atoms with van der Waals surface area (Å²) in [5.74, 6) is -3.81. The highest BCUT2D eigenvalue weighted by Gasteiger charge is 2.38. The van der Waals surface area contributed by atoms with Crippen LogP contribution in [0.25, 0.3) is 0 Å². The van der Waals surface area contributed by atoms with Gasteiger partial charge in [-0.25, -0.2) is 0 Å². The molecule has 1 saturated heterocycles. The molecule has 0 saturated carbocycles. The van der Waals surface area contributed by atoms with Gasteiger partial charge in [0.2, 0.25) is 5.91 Å². The number of alkyl halides is 3. The molecule has 1 fully saturated rings. The van der Waals surface area contributed by atoms with Crippen molar-refractivity contribution < 1.29 is 46.6 Å². The van der Waals surface area contributed by atoms with Crippen LogP contribution in [-0.4, -0.2) is 56.1 Å². The minimum atomic E-state index is -4.69. The third-order valence-electron chi connectivity index (χ3n) is 5.20. The van der Waals surface area contributed by atoms with Crippen LogP contribution in [0.15, 0.2) is 42.5 Å². The Labute approximate surface area is 203 Å². The Hall–Kier alpha value is -4.29. The normalized spacial score (nSPS) is 15.3. The molecule has 13 heteroatoms. The molecule has 1 aliphatic rings. The number of benzene rings is 2. The molecule has 0 spiro atoms. The first kappa shape index (κ1) is 26.3. The van der Waals surface area contributed by atoms with E-state index in [-0.39, 0.29) is 30.0 Å². The summed E-state index contributed by atoms with van der Waals surface area (Å²) >= 11 is 0. The van der Waals surface area contributed by atoms with E-state index < -0.39 is 53.6 Å². The second kappa shape index (κ2) is 11.0. The van der Waals surface area contributed by atoms with Crippen LogP contribution in [-0.2, 0) is 25.3 Å². The summed E-state index contributed by atoms with van der Waals surface area (Å²) in [7, 11) is 2.72. The molecule has 0 aromatic heterocycles. The highest BCUT2D eigenvalue weighted by Crippen LogP contribution is 2.34. The number of anilines is 1. The van der Waals surface area contributed by atoms with Gasteiger partial charge in [-0.15, -0.1) is 0 Å². The number of carbonyl (C=O) groups excluding carboxylic acids is 4. The maximum Gasteiger partial charge on any atom is 0.418 e. The van der Waals surface area contributed by atoms with Gasteiger partial charge in [0.1, 0.15) is 17.1 Å². The topological polar surface area (TPSA) is 123 Å². The van der Waals surface area contributed by atoms with E-state index in [1.807, 2.05) is 0 Å². The summed E-state index contributed by atoms with van der Waals surface area (Å²) in [5.41, 5.74) is 0.892. The maximum absolute atomic E-state index is 13.1. The minimum absolute atomic E-state index is 0.0390.